The second kappa shape index (κ2) is 9.18. The SMILES string of the molecule is COc1cccc(F)c1-c1nccc(-c2cnn(-c3cccc(N4CCN(C)C[C@H]4C)n3)c2)n1. The highest BCUT2D eigenvalue weighted by Crippen LogP contribution is 2.31. The van der Waals surface area contributed by atoms with Crippen molar-refractivity contribution in [1.29, 1.82) is 0 Å². The second-order valence-corrected chi connectivity index (χ2v) is 8.41. The van der Waals surface area contributed by atoms with Crippen LogP contribution in [0.25, 0.3) is 28.5 Å². The Morgan fingerprint density at radius 2 is 1.85 bits per heavy atom. The summed E-state index contributed by atoms with van der Waals surface area (Å²) in [5, 5.41) is 4.50. The Hall–Kier alpha value is -3.85. The minimum Gasteiger partial charge on any atom is -0.496 e. The lowest BCUT2D eigenvalue weighted by Crippen LogP contribution is -2.50. The van der Waals surface area contributed by atoms with Crippen molar-refractivity contribution in [2.24, 2.45) is 0 Å². The Morgan fingerprint density at radius 1 is 1.03 bits per heavy atom. The third-order valence-electron chi connectivity index (χ3n) is 6.03. The van der Waals surface area contributed by atoms with Crippen LogP contribution in [0.1, 0.15) is 6.92 Å². The van der Waals surface area contributed by atoms with Gasteiger partial charge in [-0.25, -0.2) is 24.0 Å². The molecule has 1 aliphatic heterocycles. The molecule has 1 aromatic carbocycles. The number of benzene rings is 1. The minimum atomic E-state index is -0.439. The highest BCUT2D eigenvalue weighted by molar-refractivity contribution is 5.68. The molecule has 0 saturated carbocycles. The number of aromatic nitrogens is 5. The molecule has 0 bridgehead atoms. The van der Waals surface area contributed by atoms with E-state index in [1.54, 1.807) is 35.3 Å². The predicted octanol–water partition coefficient (Wildman–Crippen LogP) is 3.68. The molecule has 34 heavy (non-hydrogen) atoms. The fourth-order valence-electron chi connectivity index (χ4n) is 4.29. The summed E-state index contributed by atoms with van der Waals surface area (Å²) in [5.74, 6) is 1.86. The van der Waals surface area contributed by atoms with Crippen LogP contribution >= 0.6 is 0 Å². The molecule has 1 fully saturated rings. The number of nitrogens with zero attached hydrogens (tertiary/aromatic N) is 7. The molecule has 1 saturated heterocycles. The van der Waals surface area contributed by atoms with E-state index in [1.807, 2.05) is 24.4 Å². The molecule has 9 heteroatoms. The van der Waals surface area contributed by atoms with E-state index in [9.17, 15) is 4.39 Å². The summed E-state index contributed by atoms with van der Waals surface area (Å²) in [6, 6.07) is 12.8. The summed E-state index contributed by atoms with van der Waals surface area (Å²) < 4.78 is 21.6. The average molecular weight is 460 g/mol. The van der Waals surface area contributed by atoms with E-state index >= 15 is 0 Å². The molecule has 0 aliphatic carbocycles. The molecular weight excluding hydrogens is 433 g/mol. The van der Waals surface area contributed by atoms with Crippen molar-refractivity contribution < 1.29 is 9.13 Å². The van der Waals surface area contributed by atoms with Crippen LogP contribution in [-0.2, 0) is 0 Å². The zero-order valence-corrected chi connectivity index (χ0v) is 19.4. The Labute approximate surface area is 197 Å². The summed E-state index contributed by atoms with van der Waals surface area (Å²) in [4.78, 5) is 18.4. The maximum atomic E-state index is 14.5. The molecule has 3 aromatic heterocycles. The molecule has 0 unspecified atom stereocenters. The second-order valence-electron chi connectivity index (χ2n) is 8.41. The Kier molecular flexibility index (Phi) is 5.93. The maximum absolute atomic E-state index is 14.5. The minimum absolute atomic E-state index is 0.231. The van der Waals surface area contributed by atoms with Crippen LogP contribution in [-0.4, -0.2) is 69.5 Å². The third kappa shape index (κ3) is 4.22. The molecule has 4 aromatic rings. The van der Waals surface area contributed by atoms with Gasteiger partial charge in [0, 0.05) is 43.6 Å². The fraction of sp³-hybridized carbons (Fsp3) is 0.280. The predicted molar refractivity (Wildman–Crippen MR) is 129 cm³/mol. The van der Waals surface area contributed by atoms with E-state index in [2.05, 4.69) is 38.8 Å². The van der Waals surface area contributed by atoms with Gasteiger partial charge >= 0.3 is 0 Å². The standard InChI is InChI=1S/C25H26FN7O/c1-17-15-31(2)12-13-32(17)22-8-5-9-23(30-22)33-16-18(14-28-33)20-10-11-27-25(29-20)24-19(26)6-4-7-21(24)34-3/h4-11,14,16-17H,12-13,15H2,1-3H3/t17-/m1/s1. The first-order chi connectivity index (χ1) is 16.5. The summed E-state index contributed by atoms with van der Waals surface area (Å²) in [6.07, 6.45) is 5.19. The molecular formula is C25H26FN7O. The molecule has 5 rings (SSSR count). The quantitative estimate of drug-likeness (QED) is 0.451. The fourth-order valence-corrected chi connectivity index (χ4v) is 4.29. The molecule has 0 spiro atoms. The Morgan fingerprint density at radius 3 is 2.68 bits per heavy atom. The number of rotatable bonds is 5. The first-order valence-corrected chi connectivity index (χ1v) is 11.2. The van der Waals surface area contributed by atoms with Crippen molar-refractivity contribution in [3.8, 4) is 34.2 Å². The summed E-state index contributed by atoms with van der Waals surface area (Å²) in [5.41, 5.74) is 1.64. The van der Waals surface area contributed by atoms with Crippen LogP contribution in [0, 0.1) is 5.82 Å². The van der Waals surface area contributed by atoms with Gasteiger partial charge in [0.05, 0.1) is 24.6 Å². The van der Waals surface area contributed by atoms with Crippen LogP contribution in [0.5, 0.6) is 5.75 Å². The number of methoxy groups -OCH3 is 1. The van der Waals surface area contributed by atoms with Crippen LogP contribution in [0.2, 0.25) is 0 Å². The highest BCUT2D eigenvalue weighted by atomic mass is 19.1. The van der Waals surface area contributed by atoms with Gasteiger partial charge < -0.3 is 14.5 Å². The molecule has 4 heterocycles. The van der Waals surface area contributed by atoms with Gasteiger partial charge in [0.1, 0.15) is 17.4 Å². The van der Waals surface area contributed by atoms with E-state index in [4.69, 9.17) is 9.72 Å². The van der Waals surface area contributed by atoms with Crippen molar-refractivity contribution in [2.45, 2.75) is 13.0 Å². The van der Waals surface area contributed by atoms with Gasteiger partial charge in [0.2, 0.25) is 0 Å². The summed E-state index contributed by atoms with van der Waals surface area (Å²) in [6.45, 7) is 5.15. The summed E-state index contributed by atoms with van der Waals surface area (Å²) in [7, 11) is 3.64. The molecule has 174 valence electrons. The number of hydrogen-bond donors (Lipinski definition) is 0. The summed E-state index contributed by atoms with van der Waals surface area (Å²) >= 11 is 0. The number of hydrogen-bond acceptors (Lipinski definition) is 7. The average Bonchev–Trinajstić information content (AvgIpc) is 3.34. The number of pyridine rings is 1. The smallest absolute Gasteiger partial charge is 0.166 e. The highest BCUT2D eigenvalue weighted by Gasteiger charge is 2.23. The number of anilines is 1. The number of halogens is 1. The molecule has 0 radical (unpaired) electrons. The van der Waals surface area contributed by atoms with Gasteiger partial charge in [0.15, 0.2) is 11.6 Å². The van der Waals surface area contributed by atoms with Crippen LogP contribution < -0.4 is 9.64 Å². The normalized spacial score (nSPS) is 16.6. The number of piperazine rings is 1. The van der Waals surface area contributed by atoms with Crippen LogP contribution in [0.3, 0.4) is 0 Å². The molecule has 0 amide bonds. The zero-order valence-electron chi connectivity index (χ0n) is 19.4. The van der Waals surface area contributed by atoms with Gasteiger partial charge in [-0.1, -0.05) is 12.1 Å². The van der Waals surface area contributed by atoms with E-state index in [0.29, 0.717) is 17.5 Å². The molecule has 8 nitrogen and oxygen atoms in total. The van der Waals surface area contributed by atoms with E-state index in [0.717, 1.165) is 36.8 Å². The van der Waals surface area contributed by atoms with Gasteiger partial charge in [-0.3, -0.25) is 0 Å². The molecule has 1 aliphatic rings. The monoisotopic (exact) mass is 459 g/mol. The molecule has 1 atom stereocenters. The lowest BCUT2D eigenvalue weighted by Gasteiger charge is -2.39. The first-order valence-electron chi connectivity index (χ1n) is 11.2. The maximum Gasteiger partial charge on any atom is 0.166 e. The third-order valence-corrected chi connectivity index (χ3v) is 6.03. The first kappa shape index (κ1) is 22.0. The zero-order chi connectivity index (χ0) is 23.7. The largest absolute Gasteiger partial charge is 0.496 e. The lowest BCUT2D eigenvalue weighted by atomic mass is 10.1. The number of likely N-dealkylation sites (N-methyl/N-ethyl adjacent to an activating group) is 1. The van der Waals surface area contributed by atoms with Crippen molar-refractivity contribution in [3.63, 3.8) is 0 Å². The Balaban J connectivity index is 1.44. The van der Waals surface area contributed by atoms with E-state index in [1.165, 1.54) is 13.2 Å². The number of ether oxygens (including phenoxy) is 1. The van der Waals surface area contributed by atoms with Crippen molar-refractivity contribution >= 4 is 5.82 Å². The Bertz CT molecular complexity index is 1310. The molecule has 0 N–H and O–H groups in total. The van der Waals surface area contributed by atoms with Crippen LogP contribution in [0.15, 0.2) is 61.1 Å². The van der Waals surface area contributed by atoms with Gasteiger partial charge in [-0.05, 0) is 44.3 Å². The van der Waals surface area contributed by atoms with Crippen molar-refractivity contribution in [2.75, 3.05) is 38.7 Å². The van der Waals surface area contributed by atoms with Crippen molar-refractivity contribution in [3.05, 3.63) is 66.9 Å². The van der Waals surface area contributed by atoms with Crippen LogP contribution in [0.4, 0.5) is 10.2 Å². The van der Waals surface area contributed by atoms with Gasteiger partial charge in [-0.15, -0.1) is 0 Å². The van der Waals surface area contributed by atoms with Gasteiger partial charge in [0.25, 0.3) is 0 Å². The lowest BCUT2D eigenvalue weighted by molar-refractivity contribution is 0.274. The van der Waals surface area contributed by atoms with Gasteiger partial charge in [-0.2, -0.15) is 5.10 Å². The van der Waals surface area contributed by atoms with E-state index in [-0.39, 0.29) is 11.4 Å². The topological polar surface area (TPSA) is 72.2 Å². The van der Waals surface area contributed by atoms with Crippen molar-refractivity contribution in [1.82, 2.24) is 29.6 Å². The van der Waals surface area contributed by atoms with E-state index < -0.39 is 5.82 Å².